The van der Waals surface area contributed by atoms with Gasteiger partial charge in [-0.05, 0) is 50.8 Å². The van der Waals surface area contributed by atoms with Crippen LogP contribution in [0.15, 0.2) is 18.3 Å². The van der Waals surface area contributed by atoms with E-state index in [4.69, 9.17) is 10.5 Å². The fourth-order valence-corrected chi connectivity index (χ4v) is 2.75. The molecule has 2 heterocycles. The summed E-state index contributed by atoms with van der Waals surface area (Å²) in [7, 11) is 0. The Bertz CT molecular complexity index is 448. The van der Waals surface area contributed by atoms with Crippen LogP contribution in [-0.4, -0.2) is 37.2 Å². The summed E-state index contributed by atoms with van der Waals surface area (Å²) < 4.78 is 5.11. The molecule has 1 unspecified atom stereocenters. The number of hydrogen-bond donors (Lipinski definition) is 1. The van der Waals surface area contributed by atoms with Crippen LogP contribution in [0.4, 0.5) is 5.82 Å². The fraction of sp³-hybridized carbons (Fsp3) is 0.600. The Hall–Kier alpha value is -1.62. The molecule has 0 radical (unpaired) electrons. The molecule has 20 heavy (non-hydrogen) atoms. The van der Waals surface area contributed by atoms with Crippen LogP contribution in [0.3, 0.4) is 0 Å². The number of carbonyl (C=O) groups is 1. The van der Waals surface area contributed by atoms with E-state index >= 15 is 0 Å². The van der Waals surface area contributed by atoms with Gasteiger partial charge < -0.3 is 15.4 Å². The summed E-state index contributed by atoms with van der Waals surface area (Å²) in [5, 5.41) is 0. The molecule has 2 rings (SSSR count). The van der Waals surface area contributed by atoms with Crippen LogP contribution < -0.4 is 10.6 Å². The van der Waals surface area contributed by atoms with Crippen LogP contribution >= 0.6 is 0 Å². The molecule has 110 valence electrons. The summed E-state index contributed by atoms with van der Waals surface area (Å²) in [6.45, 7) is 4.76. The predicted molar refractivity (Wildman–Crippen MR) is 78.8 cm³/mol. The smallest absolute Gasteiger partial charge is 0.341 e. The second kappa shape index (κ2) is 7.24. The number of ether oxygens (including phenoxy) is 1. The number of aromatic nitrogens is 1. The number of rotatable bonds is 5. The van der Waals surface area contributed by atoms with Crippen molar-refractivity contribution >= 4 is 11.8 Å². The summed E-state index contributed by atoms with van der Waals surface area (Å²) in [6.07, 6.45) is 5.07. The molecule has 5 nitrogen and oxygen atoms in total. The Balaban J connectivity index is 2.17. The first-order valence-corrected chi connectivity index (χ1v) is 7.33. The summed E-state index contributed by atoms with van der Waals surface area (Å²) >= 11 is 0. The Kier molecular flexibility index (Phi) is 5.35. The van der Waals surface area contributed by atoms with Gasteiger partial charge in [-0.3, -0.25) is 0 Å². The third kappa shape index (κ3) is 3.48. The number of nitrogens with two attached hydrogens (primary N) is 1. The molecule has 1 aromatic rings. The van der Waals surface area contributed by atoms with E-state index < -0.39 is 0 Å². The highest BCUT2D eigenvalue weighted by molar-refractivity contribution is 5.94. The van der Waals surface area contributed by atoms with E-state index in [1.165, 1.54) is 6.42 Å². The van der Waals surface area contributed by atoms with Crippen molar-refractivity contribution in [3.8, 4) is 0 Å². The SMILES string of the molecule is CCOC(=O)c1cccnc1N1CCCC(CCN)C1. The van der Waals surface area contributed by atoms with Gasteiger partial charge in [-0.2, -0.15) is 0 Å². The molecule has 0 aliphatic carbocycles. The van der Waals surface area contributed by atoms with Crippen molar-refractivity contribution in [1.29, 1.82) is 0 Å². The first-order valence-electron chi connectivity index (χ1n) is 7.33. The highest BCUT2D eigenvalue weighted by Gasteiger charge is 2.24. The molecule has 0 saturated carbocycles. The maximum absolute atomic E-state index is 12.0. The second-order valence-electron chi connectivity index (χ2n) is 5.13. The normalized spacial score (nSPS) is 18.9. The number of anilines is 1. The van der Waals surface area contributed by atoms with Gasteiger partial charge in [-0.1, -0.05) is 0 Å². The molecule has 1 aromatic heterocycles. The number of esters is 1. The number of nitrogens with zero attached hydrogens (tertiary/aromatic N) is 2. The van der Waals surface area contributed by atoms with Crippen LogP contribution in [0.5, 0.6) is 0 Å². The molecule has 0 bridgehead atoms. The Morgan fingerprint density at radius 3 is 3.20 bits per heavy atom. The van der Waals surface area contributed by atoms with E-state index in [1.807, 2.05) is 6.92 Å². The van der Waals surface area contributed by atoms with Crippen molar-refractivity contribution in [2.24, 2.45) is 11.7 Å². The average molecular weight is 277 g/mol. The van der Waals surface area contributed by atoms with Gasteiger partial charge >= 0.3 is 5.97 Å². The highest BCUT2D eigenvalue weighted by Crippen LogP contribution is 2.26. The van der Waals surface area contributed by atoms with E-state index in [2.05, 4.69) is 9.88 Å². The summed E-state index contributed by atoms with van der Waals surface area (Å²) in [5.74, 6) is 1.04. The lowest BCUT2D eigenvalue weighted by atomic mass is 9.94. The quantitative estimate of drug-likeness (QED) is 0.831. The van der Waals surface area contributed by atoms with Crippen molar-refractivity contribution in [1.82, 2.24) is 4.98 Å². The van der Waals surface area contributed by atoms with Crippen molar-refractivity contribution in [2.45, 2.75) is 26.2 Å². The lowest BCUT2D eigenvalue weighted by Crippen LogP contribution is -2.37. The minimum atomic E-state index is -0.295. The van der Waals surface area contributed by atoms with Gasteiger partial charge in [0.1, 0.15) is 11.4 Å². The van der Waals surface area contributed by atoms with Crippen molar-refractivity contribution < 1.29 is 9.53 Å². The number of pyridine rings is 1. The number of hydrogen-bond acceptors (Lipinski definition) is 5. The maximum atomic E-state index is 12.0. The van der Waals surface area contributed by atoms with Gasteiger partial charge in [-0.25, -0.2) is 9.78 Å². The van der Waals surface area contributed by atoms with Gasteiger partial charge in [-0.15, -0.1) is 0 Å². The van der Waals surface area contributed by atoms with Crippen molar-refractivity contribution in [2.75, 3.05) is 31.1 Å². The van der Waals surface area contributed by atoms with Crippen molar-refractivity contribution in [3.63, 3.8) is 0 Å². The van der Waals surface area contributed by atoms with E-state index in [0.717, 1.165) is 31.7 Å². The minimum Gasteiger partial charge on any atom is -0.462 e. The average Bonchev–Trinajstić information content (AvgIpc) is 2.48. The predicted octanol–water partition coefficient (Wildman–Crippen LogP) is 1.82. The van der Waals surface area contributed by atoms with Gasteiger partial charge in [0.05, 0.1) is 6.61 Å². The molecule has 1 aliphatic heterocycles. The number of piperidine rings is 1. The molecule has 1 aliphatic rings. The van der Waals surface area contributed by atoms with Crippen molar-refractivity contribution in [3.05, 3.63) is 23.9 Å². The molecule has 5 heteroatoms. The van der Waals surface area contributed by atoms with E-state index in [-0.39, 0.29) is 5.97 Å². The summed E-state index contributed by atoms with van der Waals surface area (Å²) in [6, 6.07) is 3.56. The molecule has 0 amide bonds. The highest BCUT2D eigenvalue weighted by atomic mass is 16.5. The van der Waals surface area contributed by atoms with Gasteiger partial charge in [0.15, 0.2) is 0 Å². The Morgan fingerprint density at radius 1 is 1.60 bits per heavy atom. The monoisotopic (exact) mass is 277 g/mol. The second-order valence-corrected chi connectivity index (χ2v) is 5.13. The zero-order valence-corrected chi connectivity index (χ0v) is 12.0. The molecule has 0 aromatic carbocycles. The topological polar surface area (TPSA) is 68.5 Å². The zero-order chi connectivity index (χ0) is 14.4. The first kappa shape index (κ1) is 14.8. The molecule has 2 N–H and O–H groups in total. The van der Waals surface area contributed by atoms with Crippen LogP contribution in [0.1, 0.15) is 36.5 Å². The number of carbonyl (C=O) groups excluding carboxylic acids is 1. The summed E-state index contributed by atoms with van der Waals surface area (Å²) in [4.78, 5) is 18.6. The fourth-order valence-electron chi connectivity index (χ4n) is 2.75. The standard InChI is InChI=1S/C15H23N3O2/c1-2-20-15(19)13-6-3-9-17-14(13)18-10-4-5-12(11-18)7-8-16/h3,6,9,12H,2,4-5,7-8,10-11,16H2,1H3. The molecule has 1 atom stereocenters. The molecular weight excluding hydrogens is 254 g/mol. The van der Waals surface area contributed by atoms with Crippen LogP contribution in [0.2, 0.25) is 0 Å². The zero-order valence-electron chi connectivity index (χ0n) is 12.0. The lowest BCUT2D eigenvalue weighted by molar-refractivity contribution is 0.0526. The van der Waals surface area contributed by atoms with Crippen LogP contribution in [-0.2, 0) is 4.74 Å². The first-order chi connectivity index (χ1) is 9.76. The van der Waals surface area contributed by atoms with Gasteiger partial charge in [0.2, 0.25) is 0 Å². The molecule has 0 spiro atoms. The third-order valence-corrected chi connectivity index (χ3v) is 3.68. The maximum Gasteiger partial charge on any atom is 0.341 e. The van der Waals surface area contributed by atoms with E-state index in [0.29, 0.717) is 24.6 Å². The van der Waals surface area contributed by atoms with Crippen LogP contribution in [0.25, 0.3) is 0 Å². The Labute approximate surface area is 120 Å². The minimum absolute atomic E-state index is 0.295. The largest absolute Gasteiger partial charge is 0.462 e. The van der Waals surface area contributed by atoms with E-state index in [9.17, 15) is 4.79 Å². The third-order valence-electron chi connectivity index (χ3n) is 3.68. The van der Waals surface area contributed by atoms with Gasteiger partial charge in [0.25, 0.3) is 0 Å². The van der Waals surface area contributed by atoms with Crippen LogP contribution in [0, 0.1) is 5.92 Å². The molecular formula is C15H23N3O2. The molecule has 1 saturated heterocycles. The van der Waals surface area contributed by atoms with E-state index in [1.54, 1.807) is 18.3 Å². The Morgan fingerprint density at radius 2 is 2.45 bits per heavy atom. The van der Waals surface area contributed by atoms with Gasteiger partial charge in [0, 0.05) is 19.3 Å². The molecule has 1 fully saturated rings. The summed E-state index contributed by atoms with van der Waals surface area (Å²) in [5.41, 5.74) is 6.21. The lowest BCUT2D eigenvalue weighted by Gasteiger charge is -2.34.